The molecule has 1 aliphatic heterocycles. The van der Waals surface area contributed by atoms with E-state index in [4.69, 9.17) is 15.2 Å². The predicted octanol–water partition coefficient (Wildman–Crippen LogP) is 0.820. The van der Waals surface area contributed by atoms with Crippen LogP contribution in [0.2, 0.25) is 0 Å². The van der Waals surface area contributed by atoms with Crippen LogP contribution in [0.3, 0.4) is 0 Å². The minimum absolute atomic E-state index is 0.300. The first kappa shape index (κ1) is 14.9. The van der Waals surface area contributed by atoms with Crippen molar-refractivity contribution in [2.24, 2.45) is 5.73 Å². The molecule has 0 saturated carbocycles. The van der Waals surface area contributed by atoms with Crippen LogP contribution in [0.5, 0.6) is 0 Å². The van der Waals surface area contributed by atoms with Gasteiger partial charge in [0.25, 0.3) is 0 Å². The molecule has 0 spiro atoms. The lowest BCUT2D eigenvalue weighted by Crippen LogP contribution is -2.42. The van der Waals surface area contributed by atoms with E-state index >= 15 is 0 Å². The molecule has 0 bridgehead atoms. The molecule has 1 aromatic carbocycles. The Labute approximate surface area is 117 Å². The summed E-state index contributed by atoms with van der Waals surface area (Å²) in [6, 6.07) is 4.10. The summed E-state index contributed by atoms with van der Waals surface area (Å²) in [5, 5.41) is 3.15. The van der Waals surface area contributed by atoms with Crippen molar-refractivity contribution in [3.63, 3.8) is 0 Å². The quantitative estimate of drug-likeness (QED) is 0.810. The zero-order valence-electron chi connectivity index (χ0n) is 11.4. The lowest BCUT2D eigenvalue weighted by Gasteiger charge is -2.26. The number of nitrogens with two attached hydrogens (primary N) is 1. The Morgan fingerprint density at radius 1 is 1.60 bits per heavy atom. The van der Waals surface area contributed by atoms with Crippen LogP contribution >= 0.6 is 0 Å². The number of hydrogen-bond acceptors (Lipinski definition) is 4. The third-order valence-corrected chi connectivity index (χ3v) is 3.59. The lowest BCUT2D eigenvalue weighted by atomic mass is 10.0. The number of benzene rings is 1. The maximum absolute atomic E-state index is 13.7. The molecule has 1 aromatic rings. The van der Waals surface area contributed by atoms with Gasteiger partial charge in [-0.05, 0) is 18.2 Å². The van der Waals surface area contributed by atoms with E-state index in [1.54, 1.807) is 7.11 Å². The summed E-state index contributed by atoms with van der Waals surface area (Å²) in [5.74, 6) is -0.930. The molecule has 5 nitrogen and oxygen atoms in total. The van der Waals surface area contributed by atoms with Crippen molar-refractivity contribution in [2.45, 2.75) is 18.6 Å². The van der Waals surface area contributed by atoms with Gasteiger partial charge in [0.05, 0.1) is 6.61 Å². The molecule has 1 saturated heterocycles. The molecule has 3 N–H and O–H groups in total. The standard InChI is InChI=1S/C14H19FN2O3/c1-19-14(4-5-20-9-14)8-17-7-11-6-10(13(16)18)2-3-12(11)15/h2-3,6,17H,4-5,7-9H2,1H3,(H2,16,18). The number of carbonyl (C=O) groups excluding carboxylic acids is 1. The van der Waals surface area contributed by atoms with Gasteiger partial charge in [0.2, 0.25) is 5.91 Å². The highest BCUT2D eigenvalue weighted by Gasteiger charge is 2.34. The van der Waals surface area contributed by atoms with Crippen molar-refractivity contribution in [3.8, 4) is 0 Å². The van der Waals surface area contributed by atoms with Crippen LogP contribution in [0.25, 0.3) is 0 Å². The van der Waals surface area contributed by atoms with Gasteiger partial charge in [0.15, 0.2) is 0 Å². The zero-order chi connectivity index (χ0) is 14.6. The second-order valence-electron chi connectivity index (χ2n) is 4.96. The molecule has 20 heavy (non-hydrogen) atoms. The number of halogens is 1. The van der Waals surface area contributed by atoms with Gasteiger partial charge in [-0.1, -0.05) is 0 Å². The van der Waals surface area contributed by atoms with Gasteiger partial charge in [0.1, 0.15) is 11.4 Å². The van der Waals surface area contributed by atoms with E-state index in [1.807, 2.05) is 0 Å². The predicted molar refractivity (Wildman–Crippen MR) is 71.8 cm³/mol. The second-order valence-corrected chi connectivity index (χ2v) is 4.96. The molecule has 1 atom stereocenters. The highest BCUT2D eigenvalue weighted by atomic mass is 19.1. The third kappa shape index (κ3) is 3.33. The van der Waals surface area contributed by atoms with Crippen molar-refractivity contribution in [1.29, 1.82) is 0 Å². The van der Waals surface area contributed by atoms with Crippen LogP contribution < -0.4 is 11.1 Å². The minimum Gasteiger partial charge on any atom is -0.378 e. The smallest absolute Gasteiger partial charge is 0.248 e. The van der Waals surface area contributed by atoms with Crippen molar-refractivity contribution >= 4 is 5.91 Å². The molecular formula is C14H19FN2O3. The van der Waals surface area contributed by atoms with Crippen LogP contribution in [0.1, 0.15) is 22.3 Å². The molecule has 2 rings (SSSR count). The molecule has 1 aliphatic rings. The first-order chi connectivity index (χ1) is 9.56. The fourth-order valence-electron chi connectivity index (χ4n) is 2.25. The second kappa shape index (κ2) is 6.30. The van der Waals surface area contributed by atoms with E-state index in [2.05, 4.69) is 5.32 Å². The first-order valence-electron chi connectivity index (χ1n) is 6.48. The maximum Gasteiger partial charge on any atom is 0.248 e. The van der Waals surface area contributed by atoms with Gasteiger partial charge < -0.3 is 20.5 Å². The Bertz CT molecular complexity index is 487. The molecule has 110 valence electrons. The third-order valence-electron chi connectivity index (χ3n) is 3.59. The van der Waals surface area contributed by atoms with E-state index in [1.165, 1.54) is 18.2 Å². The highest BCUT2D eigenvalue weighted by Crippen LogP contribution is 2.21. The summed E-state index contributed by atoms with van der Waals surface area (Å²) in [6.45, 7) is 2.06. The van der Waals surface area contributed by atoms with E-state index in [9.17, 15) is 9.18 Å². The van der Waals surface area contributed by atoms with E-state index in [0.29, 0.717) is 37.4 Å². The normalized spacial score (nSPS) is 22.1. The summed E-state index contributed by atoms with van der Waals surface area (Å²) in [5.41, 5.74) is 5.54. The van der Waals surface area contributed by atoms with Crippen molar-refractivity contribution in [3.05, 3.63) is 35.1 Å². The average Bonchev–Trinajstić information content (AvgIpc) is 2.90. The van der Waals surface area contributed by atoms with Crippen LogP contribution in [0.15, 0.2) is 18.2 Å². The number of rotatable bonds is 6. The van der Waals surface area contributed by atoms with Gasteiger partial charge in [-0.25, -0.2) is 4.39 Å². The Kier molecular flexibility index (Phi) is 4.69. The molecule has 0 radical (unpaired) electrons. The number of nitrogens with one attached hydrogen (secondary N) is 1. The number of ether oxygens (including phenoxy) is 2. The maximum atomic E-state index is 13.7. The highest BCUT2D eigenvalue weighted by molar-refractivity contribution is 5.92. The minimum atomic E-state index is -0.566. The summed E-state index contributed by atoms with van der Waals surface area (Å²) in [6.07, 6.45) is 0.806. The Hall–Kier alpha value is -1.50. The van der Waals surface area contributed by atoms with Gasteiger partial charge in [-0.15, -0.1) is 0 Å². The van der Waals surface area contributed by atoms with Crippen LogP contribution in [-0.4, -0.2) is 38.4 Å². The fourth-order valence-corrected chi connectivity index (χ4v) is 2.25. The van der Waals surface area contributed by atoms with E-state index in [0.717, 1.165) is 6.42 Å². The summed E-state index contributed by atoms with van der Waals surface area (Å²) >= 11 is 0. The van der Waals surface area contributed by atoms with Crippen LogP contribution in [-0.2, 0) is 16.0 Å². The number of primary amides is 1. The summed E-state index contributed by atoms with van der Waals surface area (Å²) in [7, 11) is 1.64. The molecule has 6 heteroatoms. The molecule has 1 amide bonds. The van der Waals surface area contributed by atoms with Crippen molar-refractivity contribution in [2.75, 3.05) is 26.9 Å². The van der Waals surface area contributed by atoms with Gasteiger partial charge >= 0.3 is 0 Å². The molecular weight excluding hydrogens is 263 g/mol. The largest absolute Gasteiger partial charge is 0.378 e. The van der Waals surface area contributed by atoms with Gasteiger partial charge in [-0.3, -0.25) is 4.79 Å². The Morgan fingerprint density at radius 3 is 3.00 bits per heavy atom. The Morgan fingerprint density at radius 2 is 2.40 bits per heavy atom. The lowest BCUT2D eigenvalue weighted by molar-refractivity contribution is -0.0159. The molecule has 1 heterocycles. The Balaban J connectivity index is 1.96. The number of carbonyl (C=O) groups is 1. The summed E-state index contributed by atoms with van der Waals surface area (Å²) < 4.78 is 24.5. The van der Waals surface area contributed by atoms with Crippen molar-refractivity contribution in [1.82, 2.24) is 5.32 Å². The monoisotopic (exact) mass is 282 g/mol. The zero-order valence-corrected chi connectivity index (χ0v) is 11.4. The van der Waals surface area contributed by atoms with E-state index < -0.39 is 5.91 Å². The fraction of sp³-hybridized carbons (Fsp3) is 0.500. The number of methoxy groups -OCH3 is 1. The van der Waals surface area contributed by atoms with Crippen LogP contribution in [0, 0.1) is 5.82 Å². The molecule has 0 aliphatic carbocycles. The van der Waals surface area contributed by atoms with Gasteiger partial charge in [-0.2, -0.15) is 0 Å². The first-order valence-corrected chi connectivity index (χ1v) is 6.48. The average molecular weight is 282 g/mol. The summed E-state index contributed by atoms with van der Waals surface area (Å²) in [4.78, 5) is 11.1. The van der Waals surface area contributed by atoms with Crippen molar-refractivity contribution < 1.29 is 18.7 Å². The SMILES string of the molecule is COC1(CNCc2cc(C(N)=O)ccc2F)CCOC1. The molecule has 1 unspecified atom stereocenters. The number of amides is 1. The molecule has 1 fully saturated rings. The van der Waals surface area contributed by atoms with E-state index in [-0.39, 0.29) is 11.4 Å². The number of hydrogen-bond donors (Lipinski definition) is 2. The topological polar surface area (TPSA) is 73.6 Å². The van der Waals surface area contributed by atoms with Crippen LogP contribution in [0.4, 0.5) is 4.39 Å². The van der Waals surface area contributed by atoms with Gasteiger partial charge in [0, 0.05) is 44.4 Å². The molecule has 0 aromatic heterocycles.